The Kier molecular flexibility index (Phi) is 22.1. The molecule has 7 N–H and O–H groups in total. The van der Waals surface area contributed by atoms with Gasteiger partial charge in [0.25, 0.3) is 0 Å². The van der Waals surface area contributed by atoms with E-state index in [1.54, 1.807) is 45.2 Å². The van der Waals surface area contributed by atoms with Crippen LogP contribution in [0, 0.1) is 5.92 Å². The van der Waals surface area contributed by atoms with Crippen molar-refractivity contribution in [2.45, 2.75) is 127 Å². The molecule has 4 bridgehead atoms. The molecule has 0 spiro atoms. The Balaban J connectivity index is 1.00. The van der Waals surface area contributed by atoms with E-state index in [4.69, 9.17) is 50.5 Å². The van der Waals surface area contributed by atoms with Crippen molar-refractivity contribution in [3.05, 3.63) is 82.5 Å². The number of nitrogens with two attached hydrogens (primary N) is 1. The molecular weight excluding hydrogens is 1060 g/mol. The number of carbonyl (C=O) groups excluding carboxylic acids is 7. The van der Waals surface area contributed by atoms with Gasteiger partial charge in [0.15, 0.2) is 5.72 Å². The summed E-state index contributed by atoms with van der Waals surface area (Å²) >= 11 is 6.82. The molecule has 6 rings (SSSR count). The largest absolute Gasteiger partial charge is 0.495 e. The van der Waals surface area contributed by atoms with Gasteiger partial charge in [-0.2, -0.15) is 0 Å². The van der Waals surface area contributed by atoms with Gasteiger partial charge in [-0.25, -0.2) is 9.59 Å². The first kappa shape index (κ1) is 62.6. The number of allylic oxidation sites excluding steroid dienone is 3. The van der Waals surface area contributed by atoms with Crippen LogP contribution in [0.5, 0.6) is 5.75 Å². The molecule has 2 fully saturated rings. The molecule has 0 radical (unpaired) electrons. The first-order valence-corrected chi connectivity index (χ1v) is 27.0. The second-order valence-corrected chi connectivity index (χ2v) is 21.0. The first-order chi connectivity index (χ1) is 38.0. The predicted molar refractivity (Wildman–Crippen MR) is 295 cm³/mol. The van der Waals surface area contributed by atoms with Crippen LogP contribution < -0.4 is 36.6 Å². The van der Waals surface area contributed by atoms with E-state index in [-0.39, 0.29) is 63.7 Å². The second kappa shape index (κ2) is 28.2. The molecule has 3 aliphatic rings. The number of anilines is 1. The van der Waals surface area contributed by atoms with Crippen molar-refractivity contribution in [1.29, 1.82) is 0 Å². The number of aryl methyl sites for hydroxylation is 1. The molecule has 3 aromatic rings. The number of ether oxygens (including phenoxy) is 7. The predicted octanol–water partition coefficient (Wildman–Crippen LogP) is 3.18. The molecule has 0 aliphatic carbocycles. The molecule has 80 heavy (non-hydrogen) atoms. The van der Waals surface area contributed by atoms with Gasteiger partial charge in [-0.05, 0) is 69.5 Å². The smallest absolute Gasteiger partial charge is 0.409 e. The topological polar surface area (TPSA) is 293 Å². The lowest BCUT2D eigenvalue weighted by molar-refractivity contribution is -0.162. The maximum Gasteiger partial charge on any atom is 0.409 e. The summed E-state index contributed by atoms with van der Waals surface area (Å²) in [7, 11) is 7.70. The van der Waals surface area contributed by atoms with E-state index in [0.29, 0.717) is 30.9 Å². The number of benzene rings is 2. The Bertz CT molecular complexity index is 2790. The van der Waals surface area contributed by atoms with Gasteiger partial charge >= 0.3 is 12.1 Å². The Morgan fingerprint density at radius 1 is 1.05 bits per heavy atom. The van der Waals surface area contributed by atoms with E-state index in [9.17, 15) is 38.7 Å². The van der Waals surface area contributed by atoms with E-state index in [1.807, 2.05) is 48.9 Å². The number of epoxide rings is 1. The van der Waals surface area contributed by atoms with Crippen molar-refractivity contribution in [3.8, 4) is 5.75 Å². The van der Waals surface area contributed by atoms with Crippen molar-refractivity contribution in [1.82, 2.24) is 30.7 Å². The average Bonchev–Trinajstić information content (AvgIpc) is 4.22. The van der Waals surface area contributed by atoms with Crippen LogP contribution in [-0.2, 0) is 76.7 Å². The van der Waals surface area contributed by atoms with Crippen molar-refractivity contribution in [2.75, 3.05) is 73.2 Å². The molecule has 2 saturated heterocycles. The number of primary amides is 1. The quantitative estimate of drug-likeness (QED) is 0.0452. The van der Waals surface area contributed by atoms with Crippen molar-refractivity contribution < 1.29 is 71.8 Å². The molecule has 1 aromatic heterocycles. The normalized spacial score (nSPS) is 24.9. The summed E-state index contributed by atoms with van der Waals surface area (Å²) in [5.41, 5.74) is 6.20. The van der Waals surface area contributed by atoms with E-state index in [0.717, 1.165) is 27.7 Å². The molecule has 3 aliphatic heterocycles. The van der Waals surface area contributed by atoms with E-state index >= 15 is 0 Å². The zero-order valence-electron chi connectivity index (χ0n) is 47.0. The van der Waals surface area contributed by atoms with E-state index < -0.39 is 102 Å². The standard InChI is InChI=1S/C56H77ClN8O15/c1-33-13-12-16-44(75-9)56(73)31-43(78-54(72)62-56)34(2)51-55(4,80-51)45(30-49(69)64(7)41-26-36(25-33)27-42(74-8)50(41)57)79-53(71)35(3)63(6)48(68)18-21-76-23-24-77-22-19-60-52(70)39(29-46(58)66)61-47(67)17-20-65-38(32-59-5)28-37-14-10-11-15-40(37)65/h10-16,26-28,34-35,39,43-45,51,59,73H,17-25,29-32H2,1-9H3,(H2,58,66)(H,60,70)(H,61,67)(H,62,72)/b16-12+,33-13+/t34-,35+,39+,43+,44-,45+,51+,55-,56+/m1/s1. The van der Waals surface area contributed by atoms with Crippen molar-refractivity contribution >= 4 is 69.8 Å². The van der Waals surface area contributed by atoms with Crippen LogP contribution in [0.1, 0.15) is 71.1 Å². The molecule has 6 amide bonds. The molecule has 0 saturated carbocycles. The molecule has 24 heteroatoms. The second-order valence-electron chi connectivity index (χ2n) is 20.6. The van der Waals surface area contributed by atoms with Gasteiger partial charge in [0.1, 0.15) is 46.8 Å². The first-order valence-electron chi connectivity index (χ1n) is 26.6. The van der Waals surface area contributed by atoms with Crippen LogP contribution in [0.4, 0.5) is 10.5 Å². The number of aliphatic hydroxyl groups is 1. The average molecular weight is 1140 g/mol. The Morgan fingerprint density at radius 2 is 1.77 bits per heavy atom. The Morgan fingerprint density at radius 3 is 2.48 bits per heavy atom. The highest BCUT2D eigenvalue weighted by molar-refractivity contribution is 6.35. The highest BCUT2D eigenvalue weighted by Crippen LogP contribution is 2.49. The molecule has 438 valence electrons. The molecule has 9 atom stereocenters. The SMILES string of the molecule is CNCc1cc2ccccc2n1CCC(=O)N[C@@H](CC(N)=O)C(=O)NCCOCCOCCC(=O)N(C)[C@@H](C)C(=O)O[C@H]1CC(=O)N(C)c2cc(cc(OC)c2Cl)C/C(C)=C/C=C/[C@@H](OC)[C@@]2(O)C[C@H](OC(=O)N2)[C@@H](C)[C@@H]2O[C@]12C. The van der Waals surface area contributed by atoms with Crippen LogP contribution in [-0.4, -0.2) is 172 Å². The van der Waals surface area contributed by atoms with Gasteiger partial charge < -0.3 is 74.3 Å². The molecule has 2 aromatic carbocycles. The number of alkyl carbamates (subject to hydrolysis) is 1. The Hall–Kier alpha value is -6.60. The number of hydrogen-bond acceptors (Lipinski definition) is 16. The van der Waals surface area contributed by atoms with Gasteiger partial charge in [-0.3, -0.25) is 29.3 Å². The number of rotatable bonds is 23. The summed E-state index contributed by atoms with van der Waals surface area (Å²) < 4.78 is 42.6. The number of nitrogens with zero attached hydrogens (tertiary/aromatic N) is 3. The third-order valence-electron chi connectivity index (χ3n) is 14.8. The van der Waals surface area contributed by atoms with Crippen LogP contribution in [0.25, 0.3) is 10.9 Å². The number of hydrogen-bond donors (Lipinski definition) is 6. The maximum atomic E-state index is 14.4. The minimum atomic E-state index is -1.88. The highest BCUT2D eigenvalue weighted by atomic mass is 35.5. The third kappa shape index (κ3) is 15.9. The van der Waals surface area contributed by atoms with Gasteiger partial charge in [0, 0.05) is 70.8 Å². The van der Waals surface area contributed by atoms with E-state index in [1.165, 1.54) is 38.0 Å². The third-order valence-corrected chi connectivity index (χ3v) is 15.2. The summed E-state index contributed by atoms with van der Waals surface area (Å²) in [6.07, 6.45) is -0.0642. The van der Waals surface area contributed by atoms with Crippen molar-refractivity contribution in [3.63, 3.8) is 0 Å². The number of carbonyl (C=O) groups is 7. The fraction of sp³-hybridized carbons (Fsp3) is 0.554. The number of halogens is 1. The number of aromatic nitrogens is 1. The lowest BCUT2D eigenvalue weighted by Gasteiger charge is -2.42. The lowest BCUT2D eigenvalue weighted by Crippen LogP contribution is -2.63. The molecule has 4 heterocycles. The zero-order chi connectivity index (χ0) is 58.5. The maximum absolute atomic E-state index is 14.4. The van der Waals surface area contributed by atoms with Crippen LogP contribution >= 0.6 is 11.6 Å². The fourth-order valence-corrected chi connectivity index (χ4v) is 10.3. The Labute approximate surface area is 471 Å². The van der Waals surface area contributed by atoms with E-state index in [2.05, 4.69) is 27.3 Å². The van der Waals surface area contributed by atoms with Crippen LogP contribution in [0.3, 0.4) is 0 Å². The van der Waals surface area contributed by atoms with Crippen molar-refractivity contribution in [2.24, 2.45) is 11.7 Å². The number of esters is 1. The van der Waals surface area contributed by atoms with Gasteiger partial charge in [0.05, 0.1) is 64.6 Å². The van der Waals surface area contributed by atoms with Crippen LogP contribution in [0.2, 0.25) is 5.02 Å². The number of fused-ring (bicyclic) bond motifs is 6. The number of amides is 6. The summed E-state index contributed by atoms with van der Waals surface area (Å²) in [5, 5.41) is 24.0. The minimum Gasteiger partial charge on any atom is -0.495 e. The fourth-order valence-electron chi connectivity index (χ4n) is 10.00. The monoisotopic (exact) mass is 1140 g/mol. The molecule has 23 nitrogen and oxygen atoms in total. The summed E-state index contributed by atoms with van der Waals surface area (Å²) in [5.74, 6) is -3.80. The number of methoxy groups -OCH3 is 2. The molecule has 0 unspecified atom stereocenters. The lowest BCUT2D eigenvalue weighted by atomic mass is 9.83. The number of likely N-dealkylation sites (N-methyl/N-ethyl adjacent to an activating group) is 1. The summed E-state index contributed by atoms with van der Waals surface area (Å²) in [6.45, 7) is 8.10. The summed E-state index contributed by atoms with van der Waals surface area (Å²) in [4.78, 5) is 95.3. The van der Waals surface area contributed by atoms with Crippen LogP contribution in [0.15, 0.2) is 66.3 Å². The minimum absolute atomic E-state index is 0.0198. The summed E-state index contributed by atoms with van der Waals surface area (Å²) in [6, 6.07) is 11.1. The molecular formula is C56H77ClN8O15. The van der Waals surface area contributed by atoms with Gasteiger partial charge in [-0.15, -0.1) is 0 Å². The highest BCUT2D eigenvalue weighted by Gasteiger charge is 2.64. The number of para-hydroxylation sites is 1. The number of nitrogens with one attached hydrogen (secondary N) is 4. The zero-order valence-corrected chi connectivity index (χ0v) is 47.7. The van der Waals surface area contributed by atoms with Gasteiger partial charge in [-0.1, -0.05) is 60.5 Å². The van der Waals surface area contributed by atoms with Gasteiger partial charge in [0.2, 0.25) is 29.5 Å².